The van der Waals surface area contributed by atoms with Crippen LogP contribution in [0.4, 0.5) is 0 Å². The van der Waals surface area contributed by atoms with Crippen LogP contribution in [-0.4, -0.2) is 39.0 Å². The number of aliphatic hydroxyl groups excluding tert-OH is 1. The van der Waals surface area contributed by atoms with E-state index in [9.17, 15) is 5.11 Å². The molecule has 170 valence electrons. The molecule has 1 aliphatic rings. The Morgan fingerprint density at radius 1 is 1.16 bits per heavy atom. The lowest BCUT2D eigenvalue weighted by atomic mass is 10.1. The number of aliphatic hydroxyl groups is 1. The molecule has 0 aliphatic heterocycles. The third kappa shape index (κ3) is 5.91. The van der Waals surface area contributed by atoms with Gasteiger partial charge in [-0.1, -0.05) is 43.1 Å². The van der Waals surface area contributed by atoms with Crippen molar-refractivity contribution in [2.75, 3.05) is 13.1 Å². The van der Waals surface area contributed by atoms with Crippen molar-refractivity contribution in [3.05, 3.63) is 70.9 Å². The van der Waals surface area contributed by atoms with Gasteiger partial charge in [-0.3, -0.25) is 4.90 Å². The number of hydrogen-bond donors (Lipinski definition) is 1. The van der Waals surface area contributed by atoms with Crippen molar-refractivity contribution < 1.29 is 9.84 Å². The van der Waals surface area contributed by atoms with Crippen LogP contribution in [0.2, 0.25) is 5.02 Å². The van der Waals surface area contributed by atoms with Crippen LogP contribution in [0.1, 0.15) is 43.9 Å². The number of rotatable bonds is 11. The van der Waals surface area contributed by atoms with Gasteiger partial charge in [0.05, 0.1) is 23.0 Å². The summed E-state index contributed by atoms with van der Waals surface area (Å²) in [6.07, 6.45) is 4.03. The van der Waals surface area contributed by atoms with E-state index in [1.165, 1.54) is 12.8 Å². The van der Waals surface area contributed by atoms with Crippen molar-refractivity contribution >= 4 is 11.6 Å². The Kier molecular flexibility index (Phi) is 7.51. The minimum absolute atomic E-state index is 0.316. The van der Waals surface area contributed by atoms with E-state index < -0.39 is 0 Å². The Balaban J connectivity index is 1.68. The molecule has 0 radical (unpaired) electrons. The summed E-state index contributed by atoms with van der Waals surface area (Å²) in [5.41, 5.74) is 2.87. The van der Waals surface area contributed by atoms with Gasteiger partial charge in [0.15, 0.2) is 0 Å². The first kappa shape index (κ1) is 22.8. The first-order valence-electron chi connectivity index (χ1n) is 11.5. The number of aromatic nitrogens is 2. The maximum Gasteiger partial charge on any atom is 0.227 e. The lowest BCUT2D eigenvalue weighted by Crippen LogP contribution is -2.33. The van der Waals surface area contributed by atoms with E-state index in [2.05, 4.69) is 11.8 Å². The highest BCUT2D eigenvalue weighted by molar-refractivity contribution is 6.30. The zero-order valence-corrected chi connectivity index (χ0v) is 19.6. The summed E-state index contributed by atoms with van der Waals surface area (Å²) in [5, 5.41) is 16.0. The van der Waals surface area contributed by atoms with Crippen LogP contribution >= 0.6 is 11.6 Å². The molecule has 0 amide bonds. The molecule has 6 heteroatoms. The van der Waals surface area contributed by atoms with Crippen molar-refractivity contribution in [2.24, 2.45) is 5.92 Å². The fourth-order valence-electron chi connectivity index (χ4n) is 4.00. The molecule has 1 aromatic heterocycles. The number of para-hydroxylation sites is 1. The van der Waals surface area contributed by atoms with Crippen LogP contribution in [0, 0.1) is 12.8 Å². The summed E-state index contributed by atoms with van der Waals surface area (Å²) in [7, 11) is 0. The highest BCUT2D eigenvalue weighted by atomic mass is 35.5. The van der Waals surface area contributed by atoms with E-state index in [1.807, 2.05) is 66.2 Å². The number of nitrogens with zero attached hydrogens (tertiary/aromatic N) is 3. The maximum absolute atomic E-state index is 10.5. The predicted molar refractivity (Wildman–Crippen MR) is 129 cm³/mol. The number of hydrogen-bond acceptors (Lipinski definition) is 4. The molecule has 32 heavy (non-hydrogen) atoms. The summed E-state index contributed by atoms with van der Waals surface area (Å²) in [6, 6.07) is 17.4. The number of halogens is 1. The number of ether oxygens (including phenoxy) is 1. The molecule has 4 rings (SSSR count). The van der Waals surface area contributed by atoms with Crippen molar-refractivity contribution in [1.29, 1.82) is 0 Å². The van der Waals surface area contributed by atoms with E-state index in [0.29, 0.717) is 24.0 Å². The summed E-state index contributed by atoms with van der Waals surface area (Å²) in [6.45, 7) is 6.49. The Bertz CT molecular complexity index is 1000. The predicted octanol–water partition coefficient (Wildman–Crippen LogP) is 6.00. The van der Waals surface area contributed by atoms with Gasteiger partial charge in [0.25, 0.3) is 0 Å². The van der Waals surface area contributed by atoms with Crippen molar-refractivity contribution in [3.63, 3.8) is 0 Å². The topological polar surface area (TPSA) is 50.5 Å². The van der Waals surface area contributed by atoms with Gasteiger partial charge in [0, 0.05) is 24.7 Å². The smallest absolute Gasteiger partial charge is 0.227 e. The van der Waals surface area contributed by atoms with Gasteiger partial charge >= 0.3 is 0 Å². The SMILES string of the molecule is CCCC(O)CN(Cc1c(C)nn(-c2ccc(Cl)cc2)c1Oc1ccccc1)CC1CC1. The Morgan fingerprint density at radius 3 is 2.53 bits per heavy atom. The van der Waals surface area contributed by atoms with Gasteiger partial charge < -0.3 is 9.84 Å². The molecule has 5 nitrogen and oxygen atoms in total. The normalized spacial score (nSPS) is 14.7. The van der Waals surface area contributed by atoms with Gasteiger partial charge in [-0.2, -0.15) is 5.10 Å². The average Bonchev–Trinajstić information content (AvgIpc) is 3.55. The second-order valence-corrected chi connectivity index (χ2v) is 9.19. The van der Waals surface area contributed by atoms with Crippen LogP contribution in [0.15, 0.2) is 54.6 Å². The Morgan fingerprint density at radius 2 is 1.88 bits per heavy atom. The summed E-state index contributed by atoms with van der Waals surface area (Å²) in [5.74, 6) is 2.21. The molecule has 1 fully saturated rings. The highest BCUT2D eigenvalue weighted by Crippen LogP contribution is 2.34. The molecule has 0 spiro atoms. The molecule has 0 bridgehead atoms. The molecule has 1 heterocycles. The van der Waals surface area contributed by atoms with E-state index >= 15 is 0 Å². The van der Waals surface area contributed by atoms with Crippen molar-refractivity contribution in [1.82, 2.24) is 14.7 Å². The minimum atomic E-state index is -0.316. The van der Waals surface area contributed by atoms with E-state index in [0.717, 1.165) is 48.0 Å². The summed E-state index contributed by atoms with van der Waals surface area (Å²) < 4.78 is 8.25. The fourth-order valence-corrected chi connectivity index (χ4v) is 4.12. The largest absolute Gasteiger partial charge is 0.439 e. The summed E-state index contributed by atoms with van der Waals surface area (Å²) in [4.78, 5) is 2.37. The molecule has 3 aromatic rings. The standard InChI is InChI=1S/C26H32ClN3O2/c1-3-7-23(31)17-29(16-20-10-11-20)18-25-19(2)28-30(22-14-12-21(27)13-15-22)26(25)32-24-8-5-4-6-9-24/h4-6,8-9,12-15,20,23,31H,3,7,10-11,16-18H2,1-2H3. The first-order chi connectivity index (χ1) is 15.5. The van der Waals surface area contributed by atoms with Crippen LogP contribution in [0.25, 0.3) is 5.69 Å². The van der Waals surface area contributed by atoms with Crippen LogP contribution in [0.3, 0.4) is 0 Å². The summed E-state index contributed by atoms with van der Waals surface area (Å²) >= 11 is 6.11. The van der Waals surface area contributed by atoms with Crippen LogP contribution in [0.5, 0.6) is 11.6 Å². The molecular formula is C26H32ClN3O2. The van der Waals surface area contributed by atoms with Gasteiger partial charge in [0.2, 0.25) is 5.88 Å². The van der Waals surface area contributed by atoms with Crippen LogP contribution in [-0.2, 0) is 6.54 Å². The fraction of sp³-hybridized carbons (Fsp3) is 0.423. The van der Waals surface area contributed by atoms with E-state index in [1.54, 1.807) is 0 Å². The first-order valence-corrected chi connectivity index (χ1v) is 11.9. The number of aryl methyl sites for hydroxylation is 1. The zero-order chi connectivity index (χ0) is 22.5. The molecule has 1 unspecified atom stereocenters. The lowest BCUT2D eigenvalue weighted by molar-refractivity contribution is 0.0977. The van der Waals surface area contributed by atoms with Gasteiger partial charge in [0.1, 0.15) is 5.75 Å². The van der Waals surface area contributed by atoms with Crippen molar-refractivity contribution in [3.8, 4) is 17.3 Å². The molecule has 2 aromatic carbocycles. The quantitative estimate of drug-likeness (QED) is 0.387. The van der Waals surface area contributed by atoms with E-state index in [4.69, 9.17) is 21.4 Å². The maximum atomic E-state index is 10.5. The third-order valence-electron chi connectivity index (χ3n) is 5.85. The molecule has 1 saturated carbocycles. The Labute approximate surface area is 195 Å². The molecule has 0 saturated heterocycles. The van der Waals surface area contributed by atoms with E-state index in [-0.39, 0.29) is 6.10 Å². The molecule has 1 atom stereocenters. The number of benzene rings is 2. The van der Waals surface area contributed by atoms with Crippen LogP contribution < -0.4 is 4.74 Å². The minimum Gasteiger partial charge on any atom is -0.439 e. The average molecular weight is 454 g/mol. The second kappa shape index (κ2) is 10.5. The van der Waals surface area contributed by atoms with Gasteiger partial charge in [-0.25, -0.2) is 4.68 Å². The molecule has 1 N–H and O–H groups in total. The zero-order valence-electron chi connectivity index (χ0n) is 18.9. The van der Waals surface area contributed by atoms with Gasteiger partial charge in [-0.05, 0) is 68.5 Å². The molecule has 1 aliphatic carbocycles. The van der Waals surface area contributed by atoms with Gasteiger partial charge in [-0.15, -0.1) is 0 Å². The monoisotopic (exact) mass is 453 g/mol. The highest BCUT2D eigenvalue weighted by Gasteiger charge is 2.28. The molecular weight excluding hydrogens is 422 g/mol. The Hall–Kier alpha value is -2.34. The third-order valence-corrected chi connectivity index (χ3v) is 6.10. The second-order valence-electron chi connectivity index (χ2n) is 8.75. The lowest BCUT2D eigenvalue weighted by Gasteiger charge is -2.25. The van der Waals surface area contributed by atoms with Crippen molar-refractivity contribution in [2.45, 2.75) is 52.2 Å².